The Hall–Kier alpha value is -2.49. The highest BCUT2D eigenvalue weighted by molar-refractivity contribution is 5.78. The lowest BCUT2D eigenvalue weighted by Crippen LogP contribution is -2.32. The molecule has 0 aliphatic carbocycles. The summed E-state index contributed by atoms with van der Waals surface area (Å²) < 4.78 is 10.7. The number of likely N-dealkylation sites (tertiary alicyclic amines) is 1. The van der Waals surface area contributed by atoms with Gasteiger partial charge >= 0.3 is 0 Å². The van der Waals surface area contributed by atoms with E-state index in [4.69, 9.17) is 9.47 Å². The Kier molecular flexibility index (Phi) is 4.81. The van der Waals surface area contributed by atoms with Crippen LogP contribution in [0.15, 0.2) is 54.6 Å². The number of hydrogen-bond donors (Lipinski definition) is 0. The molecule has 23 heavy (non-hydrogen) atoms. The third-order valence-corrected chi connectivity index (χ3v) is 4.23. The van der Waals surface area contributed by atoms with Gasteiger partial charge in [0.05, 0.1) is 7.11 Å². The lowest BCUT2D eigenvalue weighted by Gasteiger charge is -2.17. The van der Waals surface area contributed by atoms with Gasteiger partial charge in [0, 0.05) is 19.0 Å². The highest BCUT2D eigenvalue weighted by Gasteiger charge is 2.27. The number of para-hydroxylation sites is 1. The molecular formula is C19H21NO3. The first-order valence-corrected chi connectivity index (χ1v) is 7.86. The third kappa shape index (κ3) is 3.83. The minimum atomic E-state index is 0.0462. The Morgan fingerprint density at radius 2 is 1.83 bits per heavy atom. The summed E-state index contributed by atoms with van der Waals surface area (Å²) in [6.45, 7) is 1.64. The van der Waals surface area contributed by atoms with Crippen LogP contribution in [0.4, 0.5) is 0 Å². The molecule has 1 aliphatic rings. The monoisotopic (exact) mass is 311 g/mol. The Balaban J connectivity index is 1.53. The summed E-state index contributed by atoms with van der Waals surface area (Å²) >= 11 is 0. The molecule has 0 radical (unpaired) electrons. The van der Waals surface area contributed by atoms with Crippen molar-refractivity contribution in [1.29, 1.82) is 0 Å². The molecule has 0 saturated carbocycles. The normalized spacial score (nSPS) is 17.1. The number of benzene rings is 2. The number of hydrogen-bond acceptors (Lipinski definition) is 3. The molecular weight excluding hydrogens is 290 g/mol. The summed E-state index contributed by atoms with van der Waals surface area (Å²) in [5.74, 6) is 2.02. The van der Waals surface area contributed by atoms with Gasteiger partial charge in [0.25, 0.3) is 5.91 Å². The number of nitrogens with zero attached hydrogens (tertiary/aromatic N) is 1. The minimum absolute atomic E-state index is 0.0462. The van der Waals surface area contributed by atoms with Gasteiger partial charge in [-0.15, -0.1) is 0 Å². The van der Waals surface area contributed by atoms with E-state index in [0.29, 0.717) is 5.92 Å². The molecule has 0 N–H and O–H groups in total. The van der Waals surface area contributed by atoms with E-state index in [1.165, 1.54) is 5.56 Å². The fraction of sp³-hybridized carbons (Fsp3) is 0.316. The first-order valence-electron chi connectivity index (χ1n) is 7.86. The van der Waals surface area contributed by atoms with Gasteiger partial charge in [-0.3, -0.25) is 4.79 Å². The van der Waals surface area contributed by atoms with Crippen LogP contribution in [0.5, 0.6) is 11.5 Å². The van der Waals surface area contributed by atoms with Crippen molar-refractivity contribution in [3.63, 3.8) is 0 Å². The van der Waals surface area contributed by atoms with Gasteiger partial charge in [0.15, 0.2) is 6.61 Å². The summed E-state index contributed by atoms with van der Waals surface area (Å²) in [4.78, 5) is 14.2. The molecule has 1 heterocycles. The first kappa shape index (κ1) is 15.4. The van der Waals surface area contributed by atoms with Gasteiger partial charge in [-0.05, 0) is 36.2 Å². The fourth-order valence-electron chi connectivity index (χ4n) is 2.89. The molecule has 1 unspecified atom stereocenters. The first-order chi connectivity index (χ1) is 11.3. The molecule has 0 aromatic heterocycles. The topological polar surface area (TPSA) is 38.8 Å². The predicted octanol–water partition coefficient (Wildman–Crippen LogP) is 3.09. The molecule has 1 fully saturated rings. The fourth-order valence-corrected chi connectivity index (χ4v) is 2.89. The molecule has 1 amide bonds. The van der Waals surface area contributed by atoms with E-state index in [2.05, 4.69) is 12.1 Å². The molecule has 0 bridgehead atoms. The van der Waals surface area contributed by atoms with Gasteiger partial charge < -0.3 is 14.4 Å². The van der Waals surface area contributed by atoms with Crippen molar-refractivity contribution in [3.05, 3.63) is 60.2 Å². The minimum Gasteiger partial charge on any atom is -0.497 e. The summed E-state index contributed by atoms with van der Waals surface area (Å²) in [6, 6.07) is 17.5. The smallest absolute Gasteiger partial charge is 0.260 e. The number of rotatable bonds is 5. The molecule has 4 nitrogen and oxygen atoms in total. The zero-order chi connectivity index (χ0) is 16.1. The zero-order valence-corrected chi connectivity index (χ0v) is 13.3. The van der Waals surface area contributed by atoms with E-state index >= 15 is 0 Å². The van der Waals surface area contributed by atoms with E-state index in [0.717, 1.165) is 31.0 Å². The van der Waals surface area contributed by atoms with Gasteiger partial charge in [0.1, 0.15) is 11.5 Å². The van der Waals surface area contributed by atoms with Crippen LogP contribution in [-0.2, 0) is 4.79 Å². The maximum absolute atomic E-state index is 12.3. The van der Waals surface area contributed by atoms with Crippen LogP contribution < -0.4 is 9.47 Å². The number of ether oxygens (including phenoxy) is 2. The molecule has 2 aromatic carbocycles. The molecule has 1 aliphatic heterocycles. The highest BCUT2D eigenvalue weighted by Crippen LogP contribution is 2.28. The number of amides is 1. The van der Waals surface area contributed by atoms with Crippen molar-refractivity contribution in [1.82, 2.24) is 4.90 Å². The van der Waals surface area contributed by atoms with Gasteiger partial charge in [-0.1, -0.05) is 30.3 Å². The van der Waals surface area contributed by atoms with E-state index in [9.17, 15) is 4.79 Å². The van der Waals surface area contributed by atoms with E-state index in [1.54, 1.807) is 7.11 Å². The van der Waals surface area contributed by atoms with Crippen LogP contribution in [0.1, 0.15) is 17.9 Å². The standard InChI is InChI=1S/C19H21NO3/c1-22-17-9-7-15(8-10-17)16-11-12-20(13-16)19(21)14-23-18-5-3-2-4-6-18/h2-10,16H,11-14H2,1H3. The average Bonchev–Trinajstić information content (AvgIpc) is 3.11. The Bertz CT molecular complexity index is 639. The number of methoxy groups -OCH3 is 1. The number of carbonyl (C=O) groups is 1. The van der Waals surface area contributed by atoms with E-state index in [-0.39, 0.29) is 12.5 Å². The summed E-state index contributed by atoms with van der Waals surface area (Å²) in [6.07, 6.45) is 0.989. The van der Waals surface area contributed by atoms with Gasteiger partial charge in [-0.25, -0.2) is 0 Å². The van der Waals surface area contributed by atoms with E-state index < -0.39 is 0 Å². The van der Waals surface area contributed by atoms with Crippen LogP contribution in [-0.4, -0.2) is 37.6 Å². The molecule has 0 spiro atoms. The van der Waals surface area contributed by atoms with Crippen LogP contribution in [0.25, 0.3) is 0 Å². The third-order valence-electron chi connectivity index (χ3n) is 4.23. The lowest BCUT2D eigenvalue weighted by atomic mass is 9.98. The largest absolute Gasteiger partial charge is 0.497 e. The SMILES string of the molecule is COc1ccc(C2CCN(C(=O)COc3ccccc3)C2)cc1. The highest BCUT2D eigenvalue weighted by atomic mass is 16.5. The second kappa shape index (κ2) is 7.18. The molecule has 120 valence electrons. The van der Waals surface area contributed by atoms with Gasteiger partial charge in [0.2, 0.25) is 0 Å². The van der Waals surface area contributed by atoms with Crippen LogP contribution in [0.3, 0.4) is 0 Å². The molecule has 1 saturated heterocycles. The second-order valence-corrected chi connectivity index (χ2v) is 5.70. The van der Waals surface area contributed by atoms with Crippen molar-refractivity contribution >= 4 is 5.91 Å². The summed E-state index contributed by atoms with van der Waals surface area (Å²) in [5, 5.41) is 0. The molecule has 4 heteroatoms. The maximum atomic E-state index is 12.3. The van der Waals surface area contributed by atoms with Crippen molar-refractivity contribution in [2.75, 3.05) is 26.8 Å². The zero-order valence-electron chi connectivity index (χ0n) is 13.3. The van der Waals surface area contributed by atoms with Gasteiger partial charge in [-0.2, -0.15) is 0 Å². The van der Waals surface area contributed by atoms with Crippen LogP contribution >= 0.6 is 0 Å². The van der Waals surface area contributed by atoms with Crippen molar-refractivity contribution in [2.45, 2.75) is 12.3 Å². The molecule has 2 aromatic rings. The molecule has 3 rings (SSSR count). The van der Waals surface area contributed by atoms with Crippen LogP contribution in [0.2, 0.25) is 0 Å². The van der Waals surface area contributed by atoms with Crippen molar-refractivity contribution in [3.8, 4) is 11.5 Å². The average molecular weight is 311 g/mol. The quantitative estimate of drug-likeness (QED) is 0.852. The summed E-state index contributed by atoms with van der Waals surface area (Å²) in [7, 11) is 1.66. The van der Waals surface area contributed by atoms with Crippen LogP contribution in [0, 0.1) is 0 Å². The Morgan fingerprint density at radius 3 is 2.52 bits per heavy atom. The van der Waals surface area contributed by atoms with Crippen molar-refractivity contribution < 1.29 is 14.3 Å². The lowest BCUT2D eigenvalue weighted by molar-refractivity contribution is -0.132. The predicted molar refractivity (Wildman–Crippen MR) is 88.9 cm³/mol. The van der Waals surface area contributed by atoms with Crippen molar-refractivity contribution in [2.24, 2.45) is 0 Å². The Labute approximate surface area is 136 Å². The molecule has 1 atom stereocenters. The number of carbonyl (C=O) groups excluding carboxylic acids is 1. The second-order valence-electron chi connectivity index (χ2n) is 5.70. The summed E-state index contributed by atoms with van der Waals surface area (Å²) in [5.41, 5.74) is 1.25. The van der Waals surface area contributed by atoms with E-state index in [1.807, 2.05) is 47.4 Å². The Morgan fingerprint density at radius 1 is 1.09 bits per heavy atom. The maximum Gasteiger partial charge on any atom is 0.260 e.